The summed E-state index contributed by atoms with van der Waals surface area (Å²) in [5.74, 6) is 0. The third-order valence-electron chi connectivity index (χ3n) is 2.55. The quantitative estimate of drug-likeness (QED) is 0.686. The number of aromatic nitrogens is 1. The Labute approximate surface area is 83.6 Å². The fraction of sp³-hybridized carbons (Fsp3) is 0.700. The molecule has 0 atom stereocenters. The third kappa shape index (κ3) is 2.44. The first-order valence-electron chi connectivity index (χ1n) is 5.11. The Balaban J connectivity index is 1.96. The molecule has 1 aromatic heterocycles. The number of nitrogens with zero attached hydrogens (tertiary/aromatic N) is 2. The molecule has 2 nitrogen and oxygen atoms in total. The molecule has 1 aliphatic rings. The van der Waals surface area contributed by atoms with Gasteiger partial charge in [0.25, 0.3) is 0 Å². The summed E-state index contributed by atoms with van der Waals surface area (Å²) >= 11 is 1.76. The van der Waals surface area contributed by atoms with E-state index in [4.69, 9.17) is 0 Å². The molecule has 1 saturated heterocycles. The van der Waals surface area contributed by atoms with E-state index in [0.29, 0.717) is 0 Å². The van der Waals surface area contributed by atoms with E-state index in [1.54, 1.807) is 11.3 Å². The first-order valence-corrected chi connectivity index (χ1v) is 5.99. The highest BCUT2D eigenvalue weighted by Gasteiger charge is 2.10. The molecule has 0 amide bonds. The molecule has 0 N–H and O–H groups in total. The number of hydrogen-bond donors (Lipinski definition) is 0. The van der Waals surface area contributed by atoms with E-state index in [9.17, 15) is 0 Å². The topological polar surface area (TPSA) is 16.1 Å². The van der Waals surface area contributed by atoms with Gasteiger partial charge in [-0.05, 0) is 12.8 Å². The summed E-state index contributed by atoms with van der Waals surface area (Å²) in [5.41, 5.74) is 0. The van der Waals surface area contributed by atoms with Crippen LogP contribution in [0.15, 0.2) is 11.6 Å². The van der Waals surface area contributed by atoms with E-state index in [1.807, 2.05) is 6.20 Å². The maximum atomic E-state index is 4.36. The van der Waals surface area contributed by atoms with E-state index >= 15 is 0 Å². The fourth-order valence-corrected chi connectivity index (χ4v) is 2.51. The zero-order chi connectivity index (χ0) is 8.93. The van der Waals surface area contributed by atoms with Crippen LogP contribution in [-0.2, 0) is 0 Å². The van der Waals surface area contributed by atoms with Gasteiger partial charge >= 0.3 is 0 Å². The van der Waals surface area contributed by atoms with Crippen LogP contribution >= 0.6 is 11.3 Å². The van der Waals surface area contributed by atoms with Gasteiger partial charge < -0.3 is 4.90 Å². The Kier molecular flexibility index (Phi) is 3.19. The lowest BCUT2D eigenvalue weighted by atomic mass is 10.1. The maximum Gasteiger partial charge on any atom is 0.185 e. The summed E-state index contributed by atoms with van der Waals surface area (Å²) in [4.78, 5) is 6.79. The highest BCUT2D eigenvalue weighted by Crippen LogP contribution is 2.20. The monoisotopic (exact) mass is 196 g/mol. The Hall–Kier alpha value is -0.570. The average molecular weight is 196 g/mol. The van der Waals surface area contributed by atoms with Crippen molar-refractivity contribution >= 4 is 16.5 Å². The van der Waals surface area contributed by atoms with Crippen LogP contribution in [0.25, 0.3) is 0 Å². The molecular weight excluding hydrogens is 180 g/mol. The minimum Gasteiger partial charge on any atom is -0.348 e. The molecule has 2 heterocycles. The molecule has 0 radical (unpaired) electrons. The average Bonchev–Trinajstić information content (AvgIpc) is 2.55. The Morgan fingerprint density at radius 1 is 1.08 bits per heavy atom. The Bertz CT molecular complexity index is 225. The molecule has 0 aromatic carbocycles. The summed E-state index contributed by atoms with van der Waals surface area (Å²) in [6.45, 7) is 2.40. The Morgan fingerprint density at radius 3 is 2.38 bits per heavy atom. The summed E-state index contributed by atoms with van der Waals surface area (Å²) in [5, 5.41) is 3.27. The van der Waals surface area contributed by atoms with Crippen LogP contribution in [0, 0.1) is 0 Å². The van der Waals surface area contributed by atoms with Crippen LogP contribution in [0.5, 0.6) is 0 Å². The van der Waals surface area contributed by atoms with E-state index in [-0.39, 0.29) is 0 Å². The Morgan fingerprint density at radius 2 is 1.77 bits per heavy atom. The third-order valence-corrected chi connectivity index (χ3v) is 3.38. The smallest absolute Gasteiger partial charge is 0.185 e. The van der Waals surface area contributed by atoms with Gasteiger partial charge in [0, 0.05) is 24.7 Å². The number of rotatable bonds is 1. The van der Waals surface area contributed by atoms with Crippen LogP contribution in [0.1, 0.15) is 32.1 Å². The minimum atomic E-state index is 1.20. The fourth-order valence-electron chi connectivity index (χ4n) is 1.81. The van der Waals surface area contributed by atoms with Gasteiger partial charge in [-0.15, -0.1) is 11.3 Å². The van der Waals surface area contributed by atoms with Gasteiger partial charge in [0.05, 0.1) is 0 Å². The van der Waals surface area contributed by atoms with Gasteiger partial charge in [-0.2, -0.15) is 0 Å². The van der Waals surface area contributed by atoms with Crippen molar-refractivity contribution in [2.75, 3.05) is 18.0 Å². The number of anilines is 1. The lowest BCUT2D eigenvalue weighted by molar-refractivity contribution is 0.556. The second-order valence-electron chi connectivity index (χ2n) is 3.57. The molecule has 2 rings (SSSR count). The minimum absolute atomic E-state index is 1.20. The summed E-state index contributed by atoms with van der Waals surface area (Å²) in [7, 11) is 0. The number of hydrogen-bond acceptors (Lipinski definition) is 3. The van der Waals surface area contributed by atoms with E-state index < -0.39 is 0 Å². The molecule has 0 unspecified atom stereocenters. The van der Waals surface area contributed by atoms with E-state index in [1.165, 1.54) is 50.3 Å². The lowest BCUT2D eigenvalue weighted by Crippen LogP contribution is -2.26. The molecule has 13 heavy (non-hydrogen) atoms. The second kappa shape index (κ2) is 4.61. The first-order chi connectivity index (χ1) is 6.47. The molecule has 1 aliphatic heterocycles. The summed E-state index contributed by atoms with van der Waals surface area (Å²) < 4.78 is 0. The van der Waals surface area contributed by atoms with E-state index in [0.717, 1.165) is 0 Å². The van der Waals surface area contributed by atoms with Crippen LogP contribution in [-0.4, -0.2) is 18.1 Å². The van der Waals surface area contributed by atoms with Crippen molar-refractivity contribution in [3.05, 3.63) is 11.6 Å². The zero-order valence-corrected chi connectivity index (χ0v) is 8.72. The van der Waals surface area contributed by atoms with Crippen molar-refractivity contribution < 1.29 is 0 Å². The second-order valence-corrected chi connectivity index (χ2v) is 4.44. The molecule has 0 saturated carbocycles. The van der Waals surface area contributed by atoms with Crippen molar-refractivity contribution in [2.45, 2.75) is 32.1 Å². The summed E-state index contributed by atoms with van der Waals surface area (Å²) in [6, 6.07) is 0. The maximum absolute atomic E-state index is 4.36. The van der Waals surface area contributed by atoms with Crippen molar-refractivity contribution in [2.24, 2.45) is 0 Å². The SMILES string of the molecule is c1csc(N2CCCCCCC2)n1. The molecule has 72 valence electrons. The molecule has 1 aromatic rings. The highest BCUT2D eigenvalue weighted by atomic mass is 32.1. The van der Waals surface area contributed by atoms with Crippen molar-refractivity contribution in [1.29, 1.82) is 0 Å². The van der Waals surface area contributed by atoms with Crippen molar-refractivity contribution in [3.8, 4) is 0 Å². The van der Waals surface area contributed by atoms with Crippen LogP contribution in [0.2, 0.25) is 0 Å². The van der Waals surface area contributed by atoms with Crippen LogP contribution in [0.4, 0.5) is 5.13 Å². The molecule has 3 heteroatoms. The van der Waals surface area contributed by atoms with E-state index in [2.05, 4.69) is 15.3 Å². The van der Waals surface area contributed by atoms with Gasteiger partial charge in [-0.1, -0.05) is 19.3 Å². The predicted molar refractivity (Wildman–Crippen MR) is 57.4 cm³/mol. The molecule has 0 bridgehead atoms. The number of thiazole rings is 1. The zero-order valence-electron chi connectivity index (χ0n) is 7.91. The highest BCUT2D eigenvalue weighted by molar-refractivity contribution is 7.13. The largest absolute Gasteiger partial charge is 0.348 e. The van der Waals surface area contributed by atoms with Gasteiger partial charge in [0.2, 0.25) is 0 Å². The van der Waals surface area contributed by atoms with Crippen LogP contribution in [0.3, 0.4) is 0 Å². The molecule has 0 aliphatic carbocycles. The standard InChI is InChI=1S/C10H16N2S/c1-2-4-7-12(8-5-3-1)10-11-6-9-13-10/h6,9H,1-5,7-8H2. The molecule has 0 spiro atoms. The van der Waals surface area contributed by atoms with Crippen LogP contribution < -0.4 is 4.90 Å². The van der Waals surface area contributed by atoms with Crippen molar-refractivity contribution in [3.63, 3.8) is 0 Å². The normalized spacial score (nSPS) is 19.5. The summed E-state index contributed by atoms with van der Waals surface area (Å²) in [6.07, 6.45) is 8.77. The van der Waals surface area contributed by atoms with Gasteiger partial charge in [0.1, 0.15) is 0 Å². The van der Waals surface area contributed by atoms with Gasteiger partial charge in [-0.25, -0.2) is 4.98 Å². The molecular formula is C10H16N2S. The predicted octanol–water partition coefficient (Wildman–Crippen LogP) is 2.91. The van der Waals surface area contributed by atoms with Gasteiger partial charge in [-0.3, -0.25) is 0 Å². The van der Waals surface area contributed by atoms with Crippen molar-refractivity contribution in [1.82, 2.24) is 4.98 Å². The van der Waals surface area contributed by atoms with Gasteiger partial charge in [0.15, 0.2) is 5.13 Å². The lowest BCUT2D eigenvalue weighted by Gasteiger charge is -2.23. The molecule has 1 fully saturated rings. The first kappa shape index (κ1) is 9.00.